The predicted octanol–water partition coefficient (Wildman–Crippen LogP) is 5.79. The molecule has 3 saturated heterocycles. The van der Waals surface area contributed by atoms with Gasteiger partial charge in [-0.25, -0.2) is 0 Å². The summed E-state index contributed by atoms with van der Waals surface area (Å²) < 4.78 is 4.79. The van der Waals surface area contributed by atoms with E-state index in [1.54, 1.807) is 38.6 Å². The maximum Gasteiger partial charge on any atom is 0.251 e. The molecular formula is C38H49N3O5S. The van der Waals surface area contributed by atoms with Crippen molar-refractivity contribution in [3.8, 4) is 5.75 Å². The van der Waals surface area contributed by atoms with Crippen molar-refractivity contribution >= 4 is 40.9 Å². The SMILES string of the molecule is C=CCN(C(=O)[C@@H]1[C@@H]2CC(C)C3(S2)C(C(=O)N(CC=C)c2cc(C)ccc2C)N([C@@H](CO)C(C)C)C(=O)[C@H]13)c1ccc(OCC)cc1. The number of carbonyl (C=O) groups is 3. The fourth-order valence-electron chi connectivity index (χ4n) is 8.11. The monoisotopic (exact) mass is 659 g/mol. The minimum atomic E-state index is -0.861. The van der Waals surface area contributed by atoms with Gasteiger partial charge in [0, 0.05) is 29.7 Å². The number of thioether (sulfide) groups is 1. The molecule has 0 aromatic heterocycles. The number of amides is 3. The average molecular weight is 660 g/mol. The van der Waals surface area contributed by atoms with E-state index in [0.717, 1.165) is 16.8 Å². The highest BCUT2D eigenvalue weighted by Crippen LogP contribution is 2.69. The zero-order chi connectivity index (χ0) is 34.2. The molecule has 9 heteroatoms. The van der Waals surface area contributed by atoms with Gasteiger partial charge in [0.1, 0.15) is 11.8 Å². The number of nitrogens with zero attached hydrogens (tertiary/aromatic N) is 3. The highest BCUT2D eigenvalue weighted by atomic mass is 32.2. The highest BCUT2D eigenvalue weighted by Gasteiger charge is 2.77. The van der Waals surface area contributed by atoms with Crippen LogP contribution in [0.25, 0.3) is 0 Å². The molecule has 252 valence electrons. The second-order valence-corrected chi connectivity index (χ2v) is 15.0. The summed E-state index contributed by atoms with van der Waals surface area (Å²) in [6.07, 6.45) is 4.12. The van der Waals surface area contributed by atoms with Crippen molar-refractivity contribution in [3.05, 3.63) is 78.9 Å². The minimum absolute atomic E-state index is 0.0107. The predicted molar refractivity (Wildman–Crippen MR) is 190 cm³/mol. The zero-order valence-corrected chi connectivity index (χ0v) is 29.3. The van der Waals surface area contributed by atoms with Crippen LogP contribution < -0.4 is 14.5 Å². The van der Waals surface area contributed by atoms with E-state index in [2.05, 4.69) is 20.1 Å². The molecule has 2 bridgehead atoms. The number of aliphatic hydroxyl groups is 1. The van der Waals surface area contributed by atoms with Crippen molar-refractivity contribution in [2.45, 2.75) is 70.0 Å². The zero-order valence-electron chi connectivity index (χ0n) is 28.5. The lowest BCUT2D eigenvalue weighted by molar-refractivity contribution is -0.142. The van der Waals surface area contributed by atoms with Crippen molar-refractivity contribution in [1.29, 1.82) is 0 Å². The summed E-state index contributed by atoms with van der Waals surface area (Å²) in [5.74, 6) is -1.32. The van der Waals surface area contributed by atoms with Crippen LogP contribution in [0.4, 0.5) is 11.4 Å². The molecule has 3 heterocycles. The van der Waals surface area contributed by atoms with Crippen molar-refractivity contribution in [1.82, 2.24) is 4.90 Å². The molecule has 3 fully saturated rings. The number of benzene rings is 2. The molecule has 0 aliphatic carbocycles. The van der Waals surface area contributed by atoms with E-state index in [0.29, 0.717) is 24.5 Å². The van der Waals surface area contributed by atoms with Gasteiger partial charge >= 0.3 is 0 Å². The standard InChI is InChI=1S/C38H49N3O5S/c1-9-18-39(27-14-16-28(17-15-27)46-11-3)35(43)32-31-21-26(8)38(47-31)33(32)36(44)41(30(22-42)23(4)5)34(38)37(45)40(19-10-2)29-20-24(6)12-13-25(29)7/h9-10,12-17,20,23,26,30-34,42H,1-2,11,18-19,21-22H2,3-8H3/t26?,30-,31-,32+,33-,34?,38?/m0/s1. The number of carbonyl (C=O) groups excluding carboxylic acids is 3. The van der Waals surface area contributed by atoms with E-state index in [4.69, 9.17) is 4.74 Å². The van der Waals surface area contributed by atoms with Crippen molar-refractivity contribution in [2.24, 2.45) is 23.7 Å². The maximum atomic E-state index is 15.2. The summed E-state index contributed by atoms with van der Waals surface area (Å²) in [6.45, 7) is 20.6. The van der Waals surface area contributed by atoms with Crippen LogP contribution in [0, 0.1) is 37.5 Å². The Morgan fingerprint density at radius 2 is 1.74 bits per heavy atom. The molecule has 3 amide bonds. The Balaban J connectivity index is 1.63. The van der Waals surface area contributed by atoms with Crippen LogP contribution in [0.3, 0.4) is 0 Å². The number of hydrogen-bond acceptors (Lipinski definition) is 6. The summed E-state index contributed by atoms with van der Waals surface area (Å²) in [5.41, 5.74) is 3.44. The molecule has 3 aliphatic rings. The van der Waals surface area contributed by atoms with Crippen LogP contribution in [0.1, 0.15) is 45.2 Å². The number of fused-ring (bicyclic) bond motifs is 1. The fraction of sp³-hybridized carbons (Fsp3) is 0.500. The van der Waals surface area contributed by atoms with Gasteiger partial charge in [0.15, 0.2) is 0 Å². The second kappa shape index (κ2) is 13.9. The molecule has 1 N–H and O–H groups in total. The van der Waals surface area contributed by atoms with E-state index < -0.39 is 28.7 Å². The summed E-state index contributed by atoms with van der Waals surface area (Å²) in [5, 5.41) is 10.6. The molecule has 2 aromatic rings. The number of rotatable bonds is 13. The highest BCUT2D eigenvalue weighted by molar-refractivity contribution is 8.02. The lowest BCUT2D eigenvalue weighted by Crippen LogP contribution is -2.60. The van der Waals surface area contributed by atoms with E-state index in [1.807, 2.05) is 77.1 Å². The van der Waals surface area contributed by atoms with Gasteiger partial charge in [0.2, 0.25) is 11.8 Å². The van der Waals surface area contributed by atoms with Crippen LogP contribution >= 0.6 is 11.8 Å². The quantitative estimate of drug-likeness (QED) is 0.274. The molecule has 1 spiro atoms. The molecule has 0 saturated carbocycles. The van der Waals surface area contributed by atoms with E-state index in [9.17, 15) is 14.7 Å². The third kappa shape index (κ3) is 5.79. The third-order valence-corrected chi connectivity index (χ3v) is 12.4. The van der Waals surface area contributed by atoms with Gasteiger partial charge in [-0.05, 0) is 80.5 Å². The van der Waals surface area contributed by atoms with Gasteiger partial charge in [-0.1, -0.05) is 45.1 Å². The molecule has 7 atom stereocenters. The van der Waals surface area contributed by atoms with E-state index in [1.165, 1.54) is 0 Å². The van der Waals surface area contributed by atoms with Crippen LogP contribution in [0.2, 0.25) is 0 Å². The lowest BCUT2D eigenvalue weighted by atomic mass is 9.65. The molecule has 5 rings (SSSR count). The first-order valence-electron chi connectivity index (χ1n) is 16.7. The molecule has 47 heavy (non-hydrogen) atoms. The average Bonchev–Trinajstić information content (AvgIpc) is 3.64. The van der Waals surface area contributed by atoms with E-state index >= 15 is 4.79 Å². The van der Waals surface area contributed by atoms with Crippen LogP contribution in [-0.2, 0) is 14.4 Å². The van der Waals surface area contributed by atoms with Crippen LogP contribution in [0.5, 0.6) is 5.75 Å². The van der Waals surface area contributed by atoms with E-state index in [-0.39, 0.29) is 54.5 Å². The van der Waals surface area contributed by atoms with Gasteiger partial charge in [-0.3, -0.25) is 14.4 Å². The van der Waals surface area contributed by atoms with Crippen molar-refractivity contribution in [2.75, 3.05) is 36.1 Å². The minimum Gasteiger partial charge on any atom is -0.494 e. The number of ether oxygens (including phenoxy) is 1. The normalized spacial score (nSPS) is 26.7. The smallest absolute Gasteiger partial charge is 0.251 e. The van der Waals surface area contributed by atoms with Crippen LogP contribution in [0.15, 0.2) is 67.8 Å². The maximum absolute atomic E-state index is 15.2. The molecule has 3 unspecified atom stereocenters. The Kier molecular flexibility index (Phi) is 10.3. The fourth-order valence-corrected chi connectivity index (χ4v) is 10.5. The summed E-state index contributed by atoms with van der Waals surface area (Å²) in [6, 6.07) is 12.0. The Labute approximate surface area is 283 Å². The number of hydrogen-bond donors (Lipinski definition) is 1. The first kappa shape index (κ1) is 34.8. The summed E-state index contributed by atoms with van der Waals surface area (Å²) in [7, 11) is 0. The molecule has 8 nitrogen and oxygen atoms in total. The third-order valence-electron chi connectivity index (χ3n) is 10.3. The first-order chi connectivity index (χ1) is 22.5. The van der Waals surface area contributed by atoms with Gasteiger partial charge < -0.3 is 24.5 Å². The summed E-state index contributed by atoms with van der Waals surface area (Å²) in [4.78, 5) is 49.9. The Hall–Kier alpha value is -3.56. The Morgan fingerprint density at radius 3 is 2.34 bits per heavy atom. The number of anilines is 2. The number of likely N-dealkylation sites (tertiary alicyclic amines) is 1. The first-order valence-corrected chi connectivity index (χ1v) is 17.6. The van der Waals surface area contributed by atoms with Gasteiger partial charge in [0.25, 0.3) is 5.91 Å². The molecular weight excluding hydrogens is 611 g/mol. The topological polar surface area (TPSA) is 90.4 Å². The van der Waals surface area contributed by atoms with Crippen molar-refractivity contribution in [3.63, 3.8) is 0 Å². The molecule has 3 aliphatic heterocycles. The molecule has 0 radical (unpaired) electrons. The van der Waals surface area contributed by atoms with Crippen molar-refractivity contribution < 1.29 is 24.2 Å². The van der Waals surface area contributed by atoms with Gasteiger partial charge in [0.05, 0.1) is 35.8 Å². The Morgan fingerprint density at radius 1 is 1.09 bits per heavy atom. The summed E-state index contributed by atoms with van der Waals surface area (Å²) >= 11 is 1.64. The van der Waals surface area contributed by atoms with Crippen LogP contribution in [-0.4, -0.2) is 76.1 Å². The van der Waals surface area contributed by atoms with Gasteiger partial charge in [-0.2, -0.15) is 0 Å². The van der Waals surface area contributed by atoms with Gasteiger partial charge in [-0.15, -0.1) is 24.9 Å². The number of aliphatic hydroxyl groups excluding tert-OH is 1. The Bertz CT molecular complexity index is 1530. The largest absolute Gasteiger partial charge is 0.494 e. The molecule has 2 aromatic carbocycles. The lowest BCUT2D eigenvalue weighted by Gasteiger charge is -2.43. The number of aryl methyl sites for hydroxylation is 2. The second-order valence-electron chi connectivity index (χ2n) is 13.5.